The summed E-state index contributed by atoms with van der Waals surface area (Å²) in [6, 6.07) is 2.94. The van der Waals surface area contributed by atoms with Crippen molar-refractivity contribution >= 4 is 18.2 Å². The van der Waals surface area contributed by atoms with Crippen LogP contribution in [0.15, 0.2) is 18.3 Å². The molecule has 1 aliphatic rings. The van der Waals surface area contributed by atoms with E-state index in [4.69, 9.17) is 4.74 Å². The van der Waals surface area contributed by atoms with Gasteiger partial charge >= 0.3 is 6.09 Å². The van der Waals surface area contributed by atoms with Crippen molar-refractivity contribution in [3.63, 3.8) is 0 Å². The van der Waals surface area contributed by atoms with Crippen molar-refractivity contribution in [2.45, 2.75) is 45.3 Å². The van der Waals surface area contributed by atoms with E-state index in [-0.39, 0.29) is 0 Å². The lowest BCUT2D eigenvalue weighted by molar-refractivity contribution is -0.109. The van der Waals surface area contributed by atoms with Crippen molar-refractivity contribution in [1.82, 2.24) is 10.3 Å². The molecule has 0 bridgehead atoms. The summed E-state index contributed by atoms with van der Waals surface area (Å²) in [7, 11) is 0. The van der Waals surface area contributed by atoms with Crippen molar-refractivity contribution < 1.29 is 14.3 Å². The Morgan fingerprint density at radius 1 is 1.36 bits per heavy atom. The van der Waals surface area contributed by atoms with E-state index in [9.17, 15) is 9.59 Å². The molecule has 1 fully saturated rings. The first kappa shape index (κ1) is 16.3. The fourth-order valence-corrected chi connectivity index (χ4v) is 2.35. The highest BCUT2D eigenvalue weighted by molar-refractivity contribution is 5.74. The second-order valence-corrected chi connectivity index (χ2v) is 6.40. The van der Waals surface area contributed by atoms with Gasteiger partial charge in [0.15, 0.2) is 0 Å². The fourth-order valence-electron chi connectivity index (χ4n) is 2.35. The first-order chi connectivity index (χ1) is 10.4. The molecule has 1 N–H and O–H groups in total. The number of anilines is 1. The SMILES string of the molecule is CC(C)(C)OC(=O)NC(C=O)c1ccc(N2CCCC2)nc1. The maximum absolute atomic E-state index is 11.8. The van der Waals surface area contributed by atoms with E-state index >= 15 is 0 Å². The number of carbonyl (C=O) groups excluding carboxylic acids is 2. The predicted molar refractivity (Wildman–Crippen MR) is 83.9 cm³/mol. The molecule has 1 aromatic heterocycles. The number of hydrogen-bond donors (Lipinski definition) is 1. The zero-order valence-electron chi connectivity index (χ0n) is 13.3. The van der Waals surface area contributed by atoms with Crippen LogP contribution in [0.1, 0.15) is 45.2 Å². The Balaban J connectivity index is 2.01. The van der Waals surface area contributed by atoms with E-state index in [1.165, 1.54) is 12.8 Å². The van der Waals surface area contributed by atoms with Gasteiger partial charge in [-0.05, 0) is 39.7 Å². The summed E-state index contributed by atoms with van der Waals surface area (Å²) in [5.41, 5.74) is 0.0406. The van der Waals surface area contributed by atoms with Gasteiger partial charge in [0, 0.05) is 24.8 Å². The van der Waals surface area contributed by atoms with Crippen LogP contribution in [0.25, 0.3) is 0 Å². The third-order valence-corrected chi connectivity index (χ3v) is 3.37. The van der Waals surface area contributed by atoms with E-state index in [0.717, 1.165) is 18.9 Å². The van der Waals surface area contributed by atoms with Gasteiger partial charge in [0.25, 0.3) is 0 Å². The number of aldehydes is 1. The van der Waals surface area contributed by atoms with Crippen LogP contribution in [-0.2, 0) is 9.53 Å². The van der Waals surface area contributed by atoms with Crippen molar-refractivity contribution in [2.75, 3.05) is 18.0 Å². The van der Waals surface area contributed by atoms with Gasteiger partial charge in [-0.1, -0.05) is 6.07 Å². The topological polar surface area (TPSA) is 71.5 Å². The number of pyridine rings is 1. The monoisotopic (exact) mass is 305 g/mol. The first-order valence-corrected chi connectivity index (χ1v) is 7.55. The summed E-state index contributed by atoms with van der Waals surface area (Å²) >= 11 is 0. The van der Waals surface area contributed by atoms with Crippen LogP contribution in [0.4, 0.5) is 10.6 Å². The average Bonchev–Trinajstić information content (AvgIpc) is 2.97. The second kappa shape index (κ2) is 6.77. The molecule has 22 heavy (non-hydrogen) atoms. The van der Waals surface area contributed by atoms with Gasteiger partial charge in [-0.15, -0.1) is 0 Å². The molecule has 0 spiro atoms. The molecule has 0 aliphatic carbocycles. The summed E-state index contributed by atoms with van der Waals surface area (Å²) in [6.45, 7) is 7.35. The summed E-state index contributed by atoms with van der Waals surface area (Å²) in [6.07, 6.45) is 4.05. The number of hydrogen-bond acceptors (Lipinski definition) is 5. The predicted octanol–water partition coefficient (Wildman–Crippen LogP) is 2.45. The molecule has 2 rings (SSSR count). The Kier molecular flexibility index (Phi) is 5.00. The summed E-state index contributed by atoms with van der Waals surface area (Å²) in [5.74, 6) is 0.906. The van der Waals surface area contributed by atoms with Crippen molar-refractivity contribution in [2.24, 2.45) is 0 Å². The van der Waals surface area contributed by atoms with E-state index < -0.39 is 17.7 Å². The van der Waals surface area contributed by atoms with Gasteiger partial charge in [0.1, 0.15) is 23.7 Å². The minimum atomic E-state index is -0.755. The van der Waals surface area contributed by atoms with Crippen LogP contribution in [0, 0.1) is 0 Å². The molecule has 2 heterocycles. The van der Waals surface area contributed by atoms with Gasteiger partial charge in [-0.25, -0.2) is 9.78 Å². The number of nitrogens with one attached hydrogen (secondary N) is 1. The summed E-state index contributed by atoms with van der Waals surface area (Å²) in [5, 5.41) is 2.55. The lowest BCUT2D eigenvalue weighted by atomic mass is 10.1. The second-order valence-electron chi connectivity index (χ2n) is 6.40. The van der Waals surface area contributed by atoms with Gasteiger partial charge in [-0.3, -0.25) is 0 Å². The zero-order valence-corrected chi connectivity index (χ0v) is 13.3. The van der Waals surface area contributed by atoms with E-state index in [1.54, 1.807) is 27.0 Å². The maximum atomic E-state index is 11.8. The Morgan fingerprint density at radius 3 is 2.55 bits per heavy atom. The normalized spacial score (nSPS) is 16.2. The van der Waals surface area contributed by atoms with Crippen molar-refractivity contribution in [3.8, 4) is 0 Å². The van der Waals surface area contributed by atoms with Crippen LogP contribution >= 0.6 is 0 Å². The van der Waals surface area contributed by atoms with Gasteiger partial charge in [0.05, 0.1) is 0 Å². The van der Waals surface area contributed by atoms with E-state index in [0.29, 0.717) is 11.8 Å². The minimum absolute atomic E-state index is 0.602. The smallest absolute Gasteiger partial charge is 0.408 e. The molecule has 6 nitrogen and oxygen atoms in total. The Labute approximate surface area is 130 Å². The van der Waals surface area contributed by atoms with Crippen LogP contribution in [-0.4, -0.2) is 36.1 Å². The quantitative estimate of drug-likeness (QED) is 0.865. The molecule has 0 saturated carbocycles. The largest absolute Gasteiger partial charge is 0.444 e. The highest BCUT2D eigenvalue weighted by atomic mass is 16.6. The standard InChI is InChI=1S/C16H23N3O3/c1-16(2,3)22-15(21)18-13(11-20)12-6-7-14(17-10-12)19-8-4-5-9-19/h6-7,10-11,13H,4-5,8-9H2,1-3H3,(H,18,21). The van der Waals surface area contributed by atoms with Gasteiger partial charge < -0.3 is 19.7 Å². The van der Waals surface area contributed by atoms with E-state index in [1.807, 2.05) is 12.1 Å². The molecule has 1 saturated heterocycles. The number of alkyl carbamates (subject to hydrolysis) is 1. The van der Waals surface area contributed by atoms with Gasteiger partial charge in [0.2, 0.25) is 0 Å². The molecule has 6 heteroatoms. The fraction of sp³-hybridized carbons (Fsp3) is 0.562. The molecule has 1 aromatic rings. The number of aromatic nitrogens is 1. The molecule has 1 unspecified atom stereocenters. The molecule has 0 aromatic carbocycles. The molecule has 1 atom stereocenters. The Hall–Kier alpha value is -2.11. The molecule has 1 aliphatic heterocycles. The van der Waals surface area contributed by atoms with Crippen molar-refractivity contribution in [1.29, 1.82) is 0 Å². The lowest BCUT2D eigenvalue weighted by Gasteiger charge is -2.22. The third-order valence-electron chi connectivity index (χ3n) is 3.37. The van der Waals surface area contributed by atoms with Crippen LogP contribution in [0.5, 0.6) is 0 Å². The molecule has 1 amide bonds. The van der Waals surface area contributed by atoms with E-state index in [2.05, 4.69) is 15.2 Å². The zero-order chi connectivity index (χ0) is 16.2. The number of nitrogens with zero attached hydrogens (tertiary/aromatic N) is 2. The number of rotatable bonds is 4. The summed E-state index contributed by atoms with van der Waals surface area (Å²) in [4.78, 5) is 29.6. The third kappa shape index (κ3) is 4.44. The van der Waals surface area contributed by atoms with Crippen LogP contribution < -0.4 is 10.2 Å². The first-order valence-electron chi connectivity index (χ1n) is 7.55. The average molecular weight is 305 g/mol. The molecule has 120 valence electrons. The Morgan fingerprint density at radius 2 is 2.05 bits per heavy atom. The molecule has 0 radical (unpaired) electrons. The number of ether oxygens (including phenoxy) is 1. The maximum Gasteiger partial charge on any atom is 0.408 e. The highest BCUT2D eigenvalue weighted by Gasteiger charge is 2.21. The Bertz CT molecular complexity index is 516. The summed E-state index contributed by atoms with van der Waals surface area (Å²) < 4.78 is 5.16. The molecular weight excluding hydrogens is 282 g/mol. The number of carbonyl (C=O) groups is 2. The van der Waals surface area contributed by atoms with Crippen molar-refractivity contribution in [3.05, 3.63) is 23.9 Å². The highest BCUT2D eigenvalue weighted by Crippen LogP contribution is 2.19. The minimum Gasteiger partial charge on any atom is -0.444 e. The lowest BCUT2D eigenvalue weighted by Crippen LogP contribution is -2.35. The van der Waals surface area contributed by atoms with Gasteiger partial charge in [-0.2, -0.15) is 0 Å². The van der Waals surface area contributed by atoms with Crippen LogP contribution in [0.3, 0.4) is 0 Å². The number of amides is 1. The molecular formula is C16H23N3O3. The van der Waals surface area contributed by atoms with Crippen LogP contribution in [0.2, 0.25) is 0 Å².